The number of aliphatic hydroxyl groups excluding tert-OH is 1. The van der Waals surface area contributed by atoms with E-state index in [4.69, 9.17) is 4.74 Å². The predicted molar refractivity (Wildman–Crippen MR) is 124 cm³/mol. The van der Waals surface area contributed by atoms with Crippen molar-refractivity contribution < 1.29 is 14.6 Å². The molecular weight excluding hydrogens is 374 g/mol. The molecule has 1 saturated heterocycles. The number of piperidine rings is 1. The van der Waals surface area contributed by atoms with E-state index in [9.17, 15) is 9.90 Å². The Morgan fingerprint density at radius 2 is 1.97 bits per heavy atom. The second-order valence-corrected chi connectivity index (χ2v) is 9.75. The van der Waals surface area contributed by atoms with Crippen molar-refractivity contribution in [2.24, 2.45) is 11.8 Å². The van der Waals surface area contributed by atoms with E-state index in [1.54, 1.807) is 6.08 Å². The summed E-state index contributed by atoms with van der Waals surface area (Å²) in [5.41, 5.74) is 0. The fraction of sp³-hybridized carbons (Fsp3) is 0.885. The summed E-state index contributed by atoms with van der Waals surface area (Å²) in [7, 11) is 0. The molecule has 0 aromatic rings. The summed E-state index contributed by atoms with van der Waals surface area (Å²) in [5.74, 6) is 1.15. The minimum Gasteiger partial charge on any atom is -0.458 e. The number of carbonyl (C=O) groups excluding carboxylic acids is 1. The third kappa shape index (κ3) is 8.70. The van der Waals surface area contributed by atoms with E-state index in [0.717, 1.165) is 50.9 Å². The summed E-state index contributed by atoms with van der Waals surface area (Å²) in [6.07, 6.45) is 19.3. The van der Waals surface area contributed by atoms with Gasteiger partial charge in [0.2, 0.25) is 0 Å². The van der Waals surface area contributed by atoms with Crippen LogP contribution in [0.1, 0.15) is 111 Å². The topological polar surface area (TPSA) is 58.6 Å². The fourth-order valence-electron chi connectivity index (χ4n) is 5.49. The first-order valence-corrected chi connectivity index (χ1v) is 12.9. The maximum absolute atomic E-state index is 12.3. The highest BCUT2D eigenvalue weighted by atomic mass is 16.5. The minimum atomic E-state index is -0.180. The Morgan fingerprint density at radius 3 is 2.73 bits per heavy atom. The van der Waals surface area contributed by atoms with Gasteiger partial charge in [-0.2, -0.15) is 0 Å². The third-order valence-corrected chi connectivity index (χ3v) is 7.23. The lowest BCUT2D eigenvalue weighted by atomic mass is 9.68. The molecule has 2 rings (SSSR count). The van der Waals surface area contributed by atoms with Gasteiger partial charge in [-0.25, -0.2) is 4.79 Å². The van der Waals surface area contributed by atoms with Crippen molar-refractivity contribution in [2.75, 3.05) is 0 Å². The number of hydrogen-bond donors (Lipinski definition) is 2. The monoisotopic (exact) mass is 421 g/mol. The number of ether oxygens (including phenoxy) is 1. The number of unbranched alkanes of at least 4 members (excludes halogenated alkanes) is 4. The molecule has 0 bridgehead atoms. The molecule has 4 heteroatoms. The Balaban J connectivity index is 1.79. The standard InChI is InChI=1S/C26H47NO3/c1-4-6-7-8-9-18-26(29)30-25-19-23-21(14-10-11-16-22(28)13-5-2)15-12-17-24(23)27-20(25)3/h9,18,20-25,27-28H,4-8,10-17,19H2,1-3H3/b18-9+/t20-,21-,22-,23-,24+,25+/m1/s1. The molecule has 2 aliphatic rings. The number of aliphatic hydroxyl groups is 1. The first-order chi connectivity index (χ1) is 14.5. The van der Waals surface area contributed by atoms with Crippen LogP contribution in [0.25, 0.3) is 0 Å². The first kappa shape index (κ1) is 25.4. The lowest BCUT2D eigenvalue weighted by Crippen LogP contribution is -2.57. The summed E-state index contributed by atoms with van der Waals surface area (Å²) in [5, 5.41) is 13.7. The van der Waals surface area contributed by atoms with Crippen LogP contribution in [0.3, 0.4) is 0 Å². The lowest BCUT2D eigenvalue weighted by molar-refractivity contribution is -0.148. The highest BCUT2D eigenvalue weighted by molar-refractivity contribution is 5.82. The summed E-state index contributed by atoms with van der Waals surface area (Å²) in [4.78, 5) is 12.3. The van der Waals surface area contributed by atoms with Crippen molar-refractivity contribution in [3.05, 3.63) is 12.2 Å². The average molecular weight is 422 g/mol. The second-order valence-electron chi connectivity index (χ2n) is 9.75. The van der Waals surface area contributed by atoms with Crippen LogP contribution in [0.5, 0.6) is 0 Å². The van der Waals surface area contributed by atoms with Gasteiger partial charge in [-0.3, -0.25) is 0 Å². The highest BCUT2D eigenvalue weighted by Gasteiger charge is 2.41. The van der Waals surface area contributed by atoms with Crippen molar-refractivity contribution in [2.45, 2.75) is 135 Å². The molecule has 2 N–H and O–H groups in total. The van der Waals surface area contributed by atoms with Crippen molar-refractivity contribution in [3.8, 4) is 0 Å². The number of hydrogen-bond acceptors (Lipinski definition) is 4. The summed E-state index contributed by atoms with van der Waals surface area (Å²) < 4.78 is 5.87. The summed E-state index contributed by atoms with van der Waals surface area (Å²) >= 11 is 0. The number of allylic oxidation sites excluding steroid dienone is 1. The van der Waals surface area contributed by atoms with Gasteiger partial charge in [0.1, 0.15) is 6.10 Å². The number of esters is 1. The van der Waals surface area contributed by atoms with Gasteiger partial charge in [-0.1, -0.05) is 71.3 Å². The van der Waals surface area contributed by atoms with Crippen LogP contribution in [-0.2, 0) is 9.53 Å². The quantitative estimate of drug-likeness (QED) is 0.220. The van der Waals surface area contributed by atoms with Gasteiger partial charge in [0.25, 0.3) is 0 Å². The molecule has 0 unspecified atom stereocenters. The van der Waals surface area contributed by atoms with E-state index in [-0.39, 0.29) is 24.2 Å². The molecule has 1 heterocycles. The molecule has 0 aromatic heterocycles. The van der Waals surface area contributed by atoms with Gasteiger partial charge in [-0.15, -0.1) is 0 Å². The molecule has 174 valence electrons. The van der Waals surface area contributed by atoms with Crippen LogP contribution in [-0.4, -0.2) is 35.4 Å². The number of fused-ring (bicyclic) bond motifs is 1. The SMILES string of the molecule is CCCCC/C=C/C(=O)O[C@H]1C[C@@H]2[C@H](CCCC[C@H](O)CCC)CCC[C@@H]2N[C@@H]1C. The molecule has 4 nitrogen and oxygen atoms in total. The maximum Gasteiger partial charge on any atom is 0.330 e. The van der Waals surface area contributed by atoms with Gasteiger partial charge in [0.15, 0.2) is 0 Å². The van der Waals surface area contributed by atoms with E-state index in [2.05, 4.69) is 26.1 Å². The molecule has 0 aromatic carbocycles. The Labute approximate surface area is 185 Å². The van der Waals surface area contributed by atoms with Crippen LogP contribution in [0.15, 0.2) is 12.2 Å². The smallest absolute Gasteiger partial charge is 0.330 e. The van der Waals surface area contributed by atoms with Gasteiger partial charge in [-0.05, 0) is 57.3 Å². The van der Waals surface area contributed by atoms with Crippen LogP contribution in [0, 0.1) is 11.8 Å². The van der Waals surface area contributed by atoms with Gasteiger partial charge < -0.3 is 15.2 Å². The molecule has 0 radical (unpaired) electrons. The highest BCUT2D eigenvalue weighted by Crippen LogP contribution is 2.40. The Hall–Kier alpha value is -0.870. The van der Waals surface area contributed by atoms with E-state index >= 15 is 0 Å². The van der Waals surface area contributed by atoms with E-state index in [1.807, 2.05) is 6.08 Å². The molecular formula is C26H47NO3. The Bertz CT molecular complexity index is 507. The number of rotatable bonds is 13. The van der Waals surface area contributed by atoms with Crippen molar-refractivity contribution in [1.29, 1.82) is 0 Å². The molecule has 6 atom stereocenters. The predicted octanol–water partition coefficient (Wildman–Crippen LogP) is 5.92. The normalized spacial score (nSPS) is 30.2. The molecule has 1 aliphatic carbocycles. The largest absolute Gasteiger partial charge is 0.458 e. The van der Waals surface area contributed by atoms with E-state index in [0.29, 0.717) is 12.0 Å². The van der Waals surface area contributed by atoms with Crippen LogP contribution in [0.2, 0.25) is 0 Å². The molecule has 0 spiro atoms. The van der Waals surface area contributed by atoms with Crippen molar-refractivity contribution >= 4 is 5.97 Å². The summed E-state index contributed by atoms with van der Waals surface area (Å²) in [6, 6.07) is 0.801. The lowest BCUT2D eigenvalue weighted by Gasteiger charge is -2.47. The number of nitrogens with one attached hydrogen (secondary N) is 1. The molecule has 1 aliphatic heterocycles. The zero-order valence-corrected chi connectivity index (χ0v) is 19.8. The van der Waals surface area contributed by atoms with Crippen LogP contribution < -0.4 is 5.32 Å². The van der Waals surface area contributed by atoms with Gasteiger partial charge >= 0.3 is 5.97 Å². The third-order valence-electron chi connectivity index (χ3n) is 7.23. The molecule has 1 saturated carbocycles. The van der Waals surface area contributed by atoms with E-state index in [1.165, 1.54) is 44.9 Å². The zero-order chi connectivity index (χ0) is 21.8. The van der Waals surface area contributed by atoms with Gasteiger partial charge in [0, 0.05) is 18.2 Å². The Morgan fingerprint density at radius 1 is 1.13 bits per heavy atom. The molecule has 30 heavy (non-hydrogen) atoms. The first-order valence-electron chi connectivity index (χ1n) is 12.9. The summed E-state index contributed by atoms with van der Waals surface area (Å²) in [6.45, 7) is 6.49. The maximum atomic E-state index is 12.3. The molecule has 2 fully saturated rings. The second kappa shape index (κ2) is 14.2. The van der Waals surface area contributed by atoms with Crippen molar-refractivity contribution in [1.82, 2.24) is 5.32 Å². The molecule has 0 amide bonds. The van der Waals surface area contributed by atoms with Crippen LogP contribution in [0.4, 0.5) is 0 Å². The van der Waals surface area contributed by atoms with Gasteiger partial charge in [0.05, 0.1) is 6.10 Å². The number of carbonyl (C=O) groups is 1. The minimum absolute atomic E-state index is 0.0222. The van der Waals surface area contributed by atoms with Crippen molar-refractivity contribution in [3.63, 3.8) is 0 Å². The average Bonchev–Trinajstić information content (AvgIpc) is 2.72. The fourth-order valence-corrected chi connectivity index (χ4v) is 5.49. The van der Waals surface area contributed by atoms with E-state index < -0.39 is 0 Å². The van der Waals surface area contributed by atoms with Crippen LogP contribution >= 0.6 is 0 Å². The Kier molecular flexibility index (Phi) is 12.1. The zero-order valence-electron chi connectivity index (χ0n) is 19.8.